The van der Waals surface area contributed by atoms with Crippen LogP contribution in [0.4, 0.5) is 5.95 Å². The summed E-state index contributed by atoms with van der Waals surface area (Å²) in [5, 5.41) is 5.72. The molecule has 0 aliphatic heterocycles. The molecule has 0 aliphatic carbocycles. The van der Waals surface area contributed by atoms with Gasteiger partial charge in [0.15, 0.2) is 0 Å². The van der Waals surface area contributed by atoms with Crippen molar-refractivity contribution in [2.45, 2.75) is 12.3 Å². The molecule has 1 aromatic heterocycles. The van der Waals surface area contributed by atoms with Gasteiger partial charge in [0.1, 0.15) is 11.7 Å². The maximum absolute atomic E-state index is 11.0. The van der Waals surface area contributed by atoms with Crippen molar-refractivity contribution in [1.29, 1.82) is 0 Å². The van der Waals surface area contributed by atoms with Gasteiger partial charge in [0.25, 0.3) is 0 Å². The number of anilines is 1. The summed E-state index contributed by atoms with van der Waals surface area (Å²) in [6.07, 6.45) is 1.36. The number of alkyl halides is 1. The maximum atomic E-state index is 11.0. The number of aryl methyl sites for hydroxylation is 1. The third kappa shape index (κ3) is 1.94. The minimum atomic E-state index is -0.568. The van der Waals surface area contributed by atoms with Gasteiger partial charge in [0.05, 0.1) is 0 Å². The average Bonchev–Trinajstić information content (AvgIpc) is 2.36. The van der Waals surface area contributed by atoms with Gasteiger partial charge in [-0.15, -0.1) is 11.6 Å². The number of rotatable bonds is 2. The van der Waals surface area contributed by atoms with Gasteiger partial charge in [-0.25, -0.2) is 4.68 Å². The zero-order chi connectivity index (χ0) is 9.14. The van der Waals surface area contributed by atoms with Crippen molar-refractivity contribution in [3.63, 3.8) is 0 Å². The molecule has 12 heavy (non-hydrogen) atoms. The number of hydrogen-bond donors (Lipinski definition) is 1. The van der Waals surface area contributed by atoms with E-state index in [2.05, 4.69) is 15.4 Å². The number of aromatic nitrogens is 3. The van der Waals surface area contributed by atoms with E-state index in [1.807, 2.05) is 0 Å². The van der Waals surface area contributed by atoms with Gasteiger partial charge in [-0.3, -0.25) is 10.1 Å². The topological polar surface area (TPSA) is 59.8 Å². The third-order valence-corrected chi connectivity index (χ3v) is 1.51. The first-order valence-electron chi connectivity index (χ1n) is 3.40. The minimum Gasteiger partial charge on any atom is -0.293 e. The van der Waals surface area contributed by atoms with Crippen LogP contribution in [0.2, 0.25) is 0 Å². The van der Waals surface area contributed by atoms with E-state index in [0.29, 0.717) is 5.95 Å². The standard InChI is InChI=1S/C6H9ClN4O/c1-4(7)5(12)10-6-8-3-9-11(6)2/h3-4H,1-2H3,(H,8,9,10,12). The summed E-state index contributed by atoms with van der Waals surface area (Å²) in [5.74, 6) is 0.111. The van der Waals surface area contributed by atoms with E-state index in [4.69, 9.17) is 11.6 Å². The molecule has 1 atom stereocenters. The first kappa shape index (κ1) is 8.99. The largest absolute Gasteiger partial charge is 0.293 e. The fraction of sp³-hybridized carbons (Fsp3) is 0.500. The Morgan fingerprint density at radius 1 is 1.83 bits per heavy atom. The molecule has 0 saturated carbocycles. The van der Waals surface area contributed by atoms with Crippen molar-refractivity contribution in [3.8, 4) is 0 Å². The van der Waals surface area contributed by atoms with E-state index >= 15 is 0 Å². The summed E-state index contributed by atoms with van der Waals surface area (Å²) in [4.78, 5) is 14.8. The lowest BCUT2D eigenvalue weighted by Gasteiger charge is -2.03. The van der Waals surface area contributed by atoms with Gasteiger partial charge in [-0.2, -0.15) is 10.1 Å². The van der Waals surface area contributed by atoms with E-state index in [-0.39, 0.29) is 5.91 Å². The number of hydrogen-bond acceptors (Lipinski definition) is 3. The normalized spacial score (nSPS) is 12.6. The quantitative estimate of drug-likeness (QED) is 0.683. The molecule has 1 rings (SSSR count). The first-order chi connectivity index (χ1) is 5.61. The van der Waals surface area contributed by atoms with Crippen LogP contribution in [0.1, 0.15) is 6.92 Å². The Bertz CT molecular complexity index is 283. The monoisotopic (exact) mass is 188 g/mol. The molecule has 1 aromatic rings. The first-order valence-corrected chi connectivity index (χ1v) is 3.84. The third-order valence-electron chi connectivity index (χ3n) is 1.31. The van der Waals surface area contributed by atoms with Crippen molar-refractivity contribution in [1.82, 2.24) is 14.8 Å². The summed E-state index contributed by atoms with van der Waals surface area (Å²) in [7, 11) is 1.68. The van der Waals surface area contributed by atoms with Crippen LogP contribution < -0.4 is 5.32 Å². The maximum Gasteiger partial charge on any atom is 0.244 e. The second-order valence-electron chi connectivity index (χ2n) is 2.31. The fourth-order valence-corrected chi connectivity index (χ4v) is 0.674. The molecular weight excluding hydrogens is 180 g/mol. The van der Waals surface area contributed by atoms with Crippen LogP contribution >= 0.6 is 11.6 Å². The lowest BCUT2D eigenvalue weighted by molar-refractivity contribution is -0.115. The molecule has 0 spiro atoms. The van der Waals surface area contributed by atoms with Crippen LogP contribution in [0.3, 0.4) is 0 Å². The highest BCUT2D eigenvalue weighted by Gasteiger charge is 2.11. The fourth-order valence-electron chi connectivity index (χ4n) is 0.619. The van der Waals surface area contributed by atoms with Gasteiger partial charge in [-0.05, 0) is 6.92 Å². The predicted octanol–water partition coefficient (Wildman–Crippen LogP) is 0.381. The molecule has 0 bridgehead atoms. The molecule has 6 heteroatoms. The van der Waals surface area contributed by atoms with Crippen LogP contribution in [0.15, 0.2) is 6.33 Å². The Morgan fingerprint density at radius 2 is 2.50 bits per heavy atom. The number of halogens is 1. The van der Waals surface area contributed by atoms with E-state index < -0.39 is 5.38 Å². The van der Waals surface area contributed by atoms with Gasteiger partial charge in [-0.1, -0.05) is 0 Å². The van der Waals surface area contributed by atoms with Crippen molar-refractivity contribution in [2.75, 3.05) is 5.32 Å². The van der Waals surface area contributed by atoms with Crippen LogP contribution in [-0.4, -0.2) is 26.0 Å². The van der Waals surface area contributed by atoms with Gasteiger partial charge in [0, 0.05) is 7.05 Å². The van der Waals surface area contributed by atoms with E-state index in [9.17, 15) is 4.79 Å². The Labute approximate surface area is 74.7 Å². The zero-order valence-electron chi connectivity index (χ0n) is 6.78. The number of amides is 1. The number of nitrogens with zero attached hydrogens (tertiary/aromatic N) is 3. The number of nitrogens with one attached hydrogen (secondary N) is 1. The second-order valence-corrected chi connectivity index (χ2v) is 2.97. The van der Waals surface area contributed by atoms with Crippen LogP contribution in [0.25, 0.3) is 0 Å². The van der Waals surface area contributed by atoms with E-state index in [1.54, 1.807) is 14.0 Å². The highest BCUT2D eigenvalue weighted by molar-refractivity contribution is 6.32. The molecule has 1 N–H and O–H groups in total. The molecular formula is C6H9ClN4O. The van der Waals surface area contributed by atoms with Crippen LogP contribution in [0.5, 0.6) is 0 Å². The molecule has 0 aliphatic rings. The SMILES string of the molecule is CC(Cl)C(=O)Nc1ncnn1C. The molecule has 0 saturated heterocycles. The van der Waals surface area contributed by atoms with Gasteiger partial charge < -0.3 is 0 Å². The van der Waals surface area contributed by atoms with Crippen LogP contribution in [0, 0.1) is 0 Å². The molecule has 0 fully saturated rings. The summed E-state index contributed by atoms with van der Waals surface area (Å²) >= 11 is 5.53. The van der Waals surface area contributed by atoms with Gasteiger partial charge in [0.2, 0.25) is 11.9 Å². The summed E-state index contributed by atoms with van der Waals surface area (Å²) in [5.41, 5.74) is 0. The second kappa shape index (κ2) is 3.53. The Morgan fingerprint density at radius 3 is 2.92 bits per heavy atom. The average molecular weight is 189 g/mol. The molecule has 0 aromatic carbocycles. The smallest absolute Gasteiger partial charge is 0.244 e. The van der Waals surface area contributed by atoms with E-state index in [1.165, 1.54) is 11.0 Å². The van der Waals surface area contributed by atoms with Gasteiger partial charge >= 0.3 is 0 Å². The Hall–Kier alpha value is -1.10. The molecule has 5 nitrogen and oxygen atoms in total. The van der Waals surface area contributed by atoms with E-state index in [0.717, 1.165) is 0 Å². The summed E-state index contributed by atoms with van der Waals surface area (Å²) in [6.45, 7) is 1.59. The van der Waals surface area contributed by atoms with Crippen molar-refractivity contribution < 1.29 is 4.79 Å². The van der Waals surface area contributed by atoms with Crippen molar-refractivity contribution >= 4 is 23.5 Å². The summed E-state index contributed by atoms with van der Waals surface area (Å²) < 4.78 is 1.46. The number of carbonyl (C=O) groups excluding carboxylic acids is 1. The molecule has 1 heterocycles. The lowest BCUT2D eigenvalue weighted by Crippen LogP contribution is -2.22. The van der Waals surface area contributed by atoms with Crippen molar-refractivity contribution in [2.24, 2.45) is 7.05 Å². The zero-order valence-corrected chi connectivity index (χ0v) is 7.54. The lowest BCUT2D eigenvalue weighted by atomic mass is 10.4. The highest BCUT2D eigenvalue weighted by Crippen LogP contribution is 2.01. The number of carbonyl (C=O) groups is 1. The summed E-state index contributed by atoms with van der Waals surface area (Å²) in [6, 6.07) is 0. The molecule has 0 radical (unpaired) electrons. The molecule has 1 unspecified atom stereocenters. The Balaban J connectivity index is 2.64. The van der Waals surface area contributed by atoms with Crippen molar-refractivity contribution in [3.05, 3.63) is 6.33 Å². The predicted molar refractivity (Wildman–Crippen MR) is 44.9 cm³/mol. The van der Waals surface area contributed by atoms with Crippen LogP contribution in [-0.2, 0) is 11.8 Å². The Kier molecular flexibility index (Phi) is 2.65. The highest BCUT2D eigenvalue weighted by atomic mass is 35.5. The minimum absolute atomic E-state index is 0.284. The molecule has 1 amide bonds. The molecule has 66 valence electrons.